The summed E-state index contributed by atoms with van der Waals surface area (Å²) in [5.74, 6) is -0.818. The van der Waals surface area contributed by atoms with Gasteiger partial charge in [-0.15, -0.1) is 0 Å². The summed E-state index contributed by atoms with van der Waals surface area (Å²) in [6.07, 6.45) is 4.70. The molecule has 1 amide bonds. The Balaban J connectivity index is 1.80. The molecule has 1 aliphatic heterocycles. The Morgan fingerprint density at radius 1 is 1.52 bits per heavy atom. The number of amides is 1. The molecule has 0 spiro atoms. The number of thioether (sulfide) groups is 1. The number of rotatable bonds is 7. The molecule has 1 saturated heterocycles. The normalized spacial score (nSPS) is 18.0. The van der Waals surface area contributed by atoms with Gasteiger partial charge in [0.15, 0.2) is 5.57 Å². The second-order valence-electron chi connectivity index (χ2n) is 6.41. The zero-order valence-electron chi connectivity index (χ0n) is 15.9. The van der Waals surface area contributed by atoms with Crippen molar-refractivity contribution in [2.75, 3.05) is 13.2 Å². The summed E-state index contributed by atoms with van der Waals surface area (Å²) in [6, 6.07) is 7.94. The van der Waals surface area contributed by atoms with Crippen molar-refractivity contribution in [3.63, 3.8) is 0 Å². The van der Waals surface area contributed by atoms with Crippen molar-refractivity contribution in [2.24, 2.45) is 0 Å². The van der Waals surface area contributed by atoms with Crippen LogP contribution in [0.25, 0.3) is 10.9 Å². The molecular weight excluding hydrogens is 454 g/mol. The summed E-state index contributed by atoms with van der Waals surface area (Å²) in [7, 11) is 0. The van der Waals surface area contributed by atoms with Crippen LogP contribution in [-0.4, -0.2) is 40.2 Å². The van der Waals surface area contributed by atoms with Crippen molar-refractivity contribution in [3.05, 3.63) is 57.7 Å². The number of benzene rings is 1. The number of nitrogens with zero attached hydrogens (tertiary/aromatic N) is 2. The molecule has 1 unspecified atom stereocenters. The van der Waals surface area contributed by atoms with Crippen LogP contribution in [0.5, 0.6) is 0 Å². The number of halogens is 1. The van der Waals surface area contributed by atoms with Crippen LogP contribution in [0, 0.1) is 11.3 Å². The minimum atomic E-state index is -0.733. The predicted octanol–water partition coefficient (Wildman–Crippen LogP) is 4.29. The zero-order chi connectivity index (χ0) is 21.0. The molecular formula is C21H20BrN3O3S. The van der Waals surface area contributed by atoms with Gasteiger partial charge < -0.3 is 14.6 Å². The van der Waals surface area contributed by atoms with Crippen LogP contribution in [0.1, 0.15) is 18.9 Å². The van der Waals surface area contributed by atoms with E-state index in [1.54, 1.807) is 0 Å². The first-order valence-corrected chi connectivity index (χ1v) is 10.8. The van der Waals surface area contributed by atoms with Crippen molar-refractivity contribution >= 4 is 50.5 Å². The Hall–Kier alpha value is -2.50. The molecule has 1 aromatic heterocycles. The minimum absolute atomic E-state index is 0.0155. The van der Waals surface area contributed by atoms with E-state index in [1.807, 2.05) is 31.3 Å². The third-order valence-corrected chi connectivity index (χ3v) is 6.49. The van der Waals surface area contributed by atoms with Crippen molar-refractivity contribution < 1.29 is 14.3 Å². The molecule has 29 heavy (non-hydrogen) atoms. The fourth-order valence-corrected chi connectivity index (χ4v) is 4.92. The Bertz CT molecular complexity index is 1040. The maximum atomic E-state index is 12.9. The quantitative estimate of drug-likeness (QED) is 0.280. The molecule has 0 saturated carbocycles. The van der Waals surface area contributed by atoms with E-state index in [2.05, 4.69) is 33.6 Å². The number of carbonyl (C=O) groups is 2. The fourth-order valence-electron chi connectivity index (χ4n) is 3.23. The molecule has 1 N–H and O–H groups in total. The second kappa shape index (κ2) is 9.33. The number of ether oxygens (including phenoxy) is 1. The molecule has 0 radical (unpaired) electrons. The fraction of sp³-hybridized carbons (Fsp3) is 0.286. The lowest BCUT2D eigenvalue weighted by atomic mass is 10.1. The highest BCUT2D eigenvalue weighted by Gasteiger charge is 2.39. The SMILES string of the molecule is C=CCOC(=O)C(C#N)=C1SC(CCc2c[nH]c3ccc(Br)cc23)C(=O)N1CC. The number of nitrogens with one attached hydrogen (secondary N) is 1. The Kier molecular flexibility index (Phi) is 6.83. The van der Waals surface area contributed by atoms with Gasteiger partial charge in [0.1, 0.15) is 17.7 Å². The maximum Gasteiger partial charge on any atom is 0.351 e. The molecule has 6 nitrogen and oxygen atoms in total. The standard InChI is InChI=1S/C21H20BrN3O3S/c1-3-9-28-21(27)16(11-23)20-25(4-2)19(26)18(29-20)8-5-13-12-24-17-7-6-14(22)10-15(13)17/h3,6-7,10,12,18,24H,1,4-5,8-9H2,2H3. The lowest BCUT2D eigenvalue weighted by Gasteiger charge is -2.15. The topological polar surface area (TPSA) is 86.2 Å². The third-order valence-electron chi connectivity index (χ3n) is 4.62. The smallest absolute Gasteiger partial charge is 0.351 e. The average Bonchev–Trinajstić information content (AvgIpc) is 3.25. The number of hydrogen-bond acceptors (Lipinski definition) is 5. The Morgan fingerprint density at radius 3 is 3.00 bits per heavy atom. The van der Waals surface area contributed by atoms with E-state index in [0.29, 0.717) is 24.4 Å². The number of esters is 1. The maximum absolute atomic E-state index is 12.9. The average molecular weight is 474 g/mol. The summed E-state index contributed by atoms with van der Waals surface area (Å²) in [6.45, 7) is 5.72. The first kappa shape index (κ1) is 21.2. The van der Waals surface area contributed by atoms with E-state index in [1.165, 1.54) is 22.7 Å². The highest BCUT2D eigenvalue weighted by Crippen LogP contribution is 2.39. The van der Waals surface area contributed by atoms with Crippen molar-refractivity contribution in [1.29, 1.82) is 5.26 Å². The lowest BCUT2D eigenvalue weighted by Crippen LogP contribution is -2.29. The third kappa shape index (κ3) is 4.41. The number of nitriles is 1. The van der Waals surface area contributed by atoms with E-state index < -0.39 is 5.97 Å². The summed E-state index contributed by atoms with van der Waals surface area (Å²) in [5, 5.41) is 10.6. The monoisotopic (exact) mass is 473 g/mol. The van der Waals surface area contributed by atoms with Crippen LogP contribution in [0.15, 0.2) is 52.1 Å². The summed E-state index contributed by atoms with van der Waals surface area (Å²) < 4.78 is 6.00. The molecule has 0 bridgehead atoms. The number of carbonyl (C=O) groups excluding carboxylic acids is 2. The summed E-state index contributed by atoms with van der Waals surface area (Å²) in [5.41, 5.74) is 2.03. The van der Waals surface area contributed by atoms with Gasteiger partial charge in [-0.2, -0.15) is 5.26 Å². The van der Waals surface area contributed by atoms with E-state index >= 15 is 0 Å². The van der Waals surface area contributed by atoms with Gasteiger partial charge in [0.25, 0.3) is 0 Å². The highest BCUT2D eigenvalue weighted by atomic mass is 79.9. The van der Waals surface area contributed by atoms with E-state index in [-0.39, 0.29) is 23.3 Å². The number of H-pyrrole nitrogens is 1. The van der Waals surface area contributed by atoms with Gasteiger partial charge in [-0.05, 0) is 43.5 Å². The Morgan fingerprint density at radius 2 is 2.31 bits per heavy atom. The van der Waals surface area contributed by atoms with Crippen molar-refractivity contribution in [1.82, 2.24) is 9.88 Å². The Labute approximate surface area is 181 Å². The molecule has 2 heterocycles. The van der Waals surface area contributed by atoms with Gasteiger partial charge in [0, 0.05) is 28.1 Å². The highest BCUT2D eigenvalue weighted by molar-refractivity contribution is 9.10. The van der Waals surface area contributed by atoms with Crippen LogP contribution in [0.4, 0.5) is 0 Å². The summed E-state index contributed by atoms with van der Waals surface area (Å²) in [4.78, 5) is 29.8. The number of aryl methyl sites for hydroxylation is 1. The summed E-state index contributed by atoms with van der Waals surface area (Å²) >= 11 is 4.76. The largest absolute Gasteiger partial charge is 0.457 e. The molecule has 1 aromatic carbocycles. The zero-order valence-corrected chi connectivity index (χ0v) is 18.3. The van der Waals surface area contributed by atoms with Crippen LogP contribution >= 0.6 is 27.7 Å². The van der Waals surface area contributed by atoms with Crippen LogP contribution in [-0.2, 0) is 20.7 Å². The molecule has 3 rings (SSSR count). The van der Waals surface area contributed by atoms with Crippen molar-refractivity contribution in [3.8, 4) is 6.07 Å². The first-order valence-electron chi connectivity index (χ1n) is 9.16. The van der Waals surface area contributed by atoms with Crippen LogP contribution in [0.3, 0.4) is 0 Å². The molecule has 8 heteroatoms. The van der Waals surface area contributed by atoms with E-state index in [4.69, 9.17) is 4.74 Å². The van der Waals surface area contributed by atoms with Crippen molar-refractivity contribution in [2.45, 2.75) is 25.0 Å². The second-order valence-corrected chi connectivity index (χ2v) is 8.52. The first-order chi connectivity index (χ1) is 14.0. The molecule has 2 aromatic rings. The minimum Gasteiger partial charge on any atom is -0.457 e. The van der Waals surface area contributed by atoms with Gasteiger partial charge in [-0.25, -0.2) is 4.79 Å². The van der Waals surface area contributed by atoms with E-state index in [0.717, 1.165) is 20.9 Å². The van der Waals surface area contributed by atoms with Crippen LogP contribution in [0.2, 0.25) is 0 Å². The molecule has 1 aliphatic rings. The van der Waals surface area contributed by atoms with Gasteiger partial charge in [0.05, 0.1) is 5.25 Å². The number of aromatic amines is 1. The molecule has 0 aliphatic carbocycles. The number of fused-ring (bicyclic) bond motifs is 1. The number of aromatic nitrogens is 1. The molecule has 1 fully saturated rings. The lowest BCUT2D eigenvalue weighted by molar-refractivity contribution is -0.137. The molecule has 1 atom stereocenters. The van der Waals surface area contributed by atoms with Gasteiger partial charge in [-0.3, -0.25) is 4.79 Å². The number of hydrogen-bond donors (Lipinski definition) is 1. The molecule has 150 valence electrons. The van der Waals surface area contributed by atoms with Gasteiger partial charge in [0.2, 0.25) is 5.91 Å². The predicted molar refractivity (Wildman–Crippen MR) is 117 cm³/mol. The van der Waals surface area contributed by atoms with E-state index in [9.17, 15) is 14.9 Å². The van der Waals surface area contributed by atoms with Gasteiger partial charge in [-0.1, -0.05) is 40.3 Å². The van der Waals surface area contributed by atoms with Crippen LogP contribution < -0.4 is 0 Å². The van der Waals surface area contributed by atoms with Gasteiger partial charge >= 0.3 is 5.97 Å².